The number of nitrogens with one attached hydrogen (secondary N) is 1. The molecule has 2 heterocycles. The van der Waals surface area contributed by atoms with Crippen LogP contribution in [-0.4, -0.2) is 30.9 Å². The third-order valence-electron chi connectivity index (χ3n) is 4.46. The lowest BCUT2D eigenvalue weighted by Crippen LogP contribution is -2.23. The van der Waals surface area contributed by atoms with Gasteiger partial charge in [0.2, 0.25) is 5.91 Å². The van der Waals surface area contributed by atoms with Gasteiger partial charge in [0.15, 0.2) is 11.0 Å². The molecule has 2 aromatic heterocycles. The van der Waals surface area contributed by atoms with Crippen LogP contribution < -0.4 is 5.32 Å². The molecular weight excluding hydrogens is 382 g/mol. The van der Waals surface area contributed by atoms with Crippen LogP contribution in [0, 0.1) is 0 Å². The minimum atomic E-state index is -0.335. The van der Waals surface area contributed by atoms with Gasteiger partial charge in [-0.3, -0.25) is 14.3 Å². The van der Waals surface area contributed by atoms with Crippen molar-refractivity contribution < 1.29 is 4.79 Å². The number of hydrogen-bond donors (Lipinski definition) is 1. The van der Waals surface area contributed by atoms with Crippen LogP contribution >= 0.6 is 11.8 Å². The summed E-state index contributed by atoms with van der Waals surface area (Å²) >= 11 is 1.37. The topological polar surface area (TPSA) is 72.7 Å². The normalized spacial score (nSPS) is 12.0. The van der Waals surface area contributed by atoms with E-state index in [0.717, 1.165) is 17.1 Å². The molecule has 0 aliphatic carbocycles. The van der Waals surface area contributed by atoms with Crippen LogP contribution in [0.25, 0.3) is 11.4 Å². The van der Waals surface area contributed by atoms with Crippen molar-refractivity contribution in [1.82, 2.24) is 19.7 Å². The first-order valence-electron chi connectivity index (χ1n) is 9.51. The molecule has 1 N–H and O–H groups in total. The predicted octanol–water partition coefficient (Wildman–Crippen LogP) is 4.77. The summed E-state index contributed by atoms with van der Waals surface area (Å²) < 4.78 is 1.95. The molecule has 150 valence electrons. The average Bonchev–Trinajstić information content (AvgIpc) is 3.11. The molecular formula is C22H25N5OS. The highest BCUT2D eigenvalue weighted by Crippen LogP contribution is 2.27. The van der Waals surface area contributed by atoms with Crippen molar-refractivity contribution in [3.63, 3.8) is 0 Å². The number of thioether (sulfide) groups is 1. The molecule has 0 aliphatic rings. The van der Waals surface area contributed by atoms with Gasteiger partial charge in [0, 0.05) is 30.2 Å². The Morgan fingerprint density at radius 1 is 1.14 bits per heavy atom. The number of hydrogen-bond acceptors (Lipinski definition) is 5. The molecule has 0 fully saturated rings. The number of pyridine rings is 1. The molecule has 3 rings (SSSR count). The number of anilines is 1. The molecule has 3 aromatic rings. The first kappa shape index (κ1) is 20.8. The largest absolute Gasteiger partial charge is 0.325 e. The van der Waals surface area contributed by atoms with Crippen molar-refractivity contribution in [2.24, 2.45) is 0 Å². The van der Waals surface area contributed by atoms with E-state index in [-0.39, 0.29) is 11.2 Å². The summed E-state index contributed by atoms with van der Waals surface area (Å²) in [5, 5.41) is 11.9. The minimum Gasteiger partial charge on any atom is -0.325 e. The second kappa shape index (κ2) is 9.52. The molecule has 0 unspecified atom stereocenters. The molecule has 0 aliphatic heterocycles. The lowest BCUT2D eigenvalue weighted by atomic mass is 10.0. The Bertz CT molecular complexity index is 967. The zero-order chi connectivity index (χ0) is 20.8. The summed E-state index contributed by atoms with van der Waals surface area (Å²) in [7, 11) is 0. The van der Waals surface area contributed by atoms with Crippen molar-refractivity contribution in [2.45, 2.75) is 43.6 Å². The Balaban J connectivity index is 1.72. The van der Waals surface area contributed by atoms with Crippen molar-refractivity contribution >= 4 is 23.4 Å². The monoisotopic (exact) mass is 407 g/mol. The van der Waals surface area contributed by atoms with Gasteiger partial charge in [0.25, 0.3) is 0 Å². The zero-order valence-corrected chi connectivity index (χ0v) is 17.7. The van der Waals surface area contributed by atoms with E-state index in [4.69, 9.17) is 0 Å². The van der Waals surface area contributed by atoms with Crippen molar-refractivity contribution in [3.05, 3.63) is 67.0 Å². The fraction of sp³-hybridized carbons (Fsp3) is 0.273. The highest BCUT2D eigenvalue weighted by Gasteiger charge is 2.20. The summed E-state index contributed by atoms with van der Waals surface area (Å²) in [6.07, 6.45) is 5.23. The summed E-state index contributed by atoms with van der Waals surface area (Å²) in [4.78, 5) is 16.7. The van der Waals surface area contributed by atoms with E-state index in [2.05, 4.69) is 40.9 Å². The first-order valence-corrected chi connectivity index (χ1v) is 10.4. The maximum absolute atomic E-state index is 12.7. The fourth-order valence-corrected chi connectivity index (χ4v) is 3.65. The zero-order valence-electron chi connectivity index (χ0n) is 16.9. The smallest absolute Gasteiger partial charge is 0.237 e. The van der Waals surface area contributed by atoms with Crippen molar-refractivity contribution in [3.8, 4) is 11.4 Å². The quantitative estimate of drug-likeness (QED) is 0.430. The van der Waals surface area contributed by atoms with E-state index in [1.54, 1.807) is 18.5 Å². The molecule has 0 saturated heterocycles. The minimum absolute atomic E-state index is 0.0779. The van der Waals surface area contributed by atoms with Gasteiger partial charge in [-0.1, -0.05) is 43.8 Å². The van der Waals surface area contributed by atoms with E-state index in [0.29, 0.717) is 17.6 Å². The number of nitrogens with zero attached hydrogens (tertiary/aromatic N) is 4. The number of benzene rings is 1. The van der Waals surface area contributed by atoms with Gasteiger partial charge in [-0.05, 0) is 42.7 Å². The molecule has 0 saturated carbocycles. The molecule has 0 bridgehead atoms. The number of rotatable bonds is 8. The van der Waals surface area contributed by atoms with Crippen LogP contribution in [0.15, 0.2) is 66.6 Å². The van der Waals surface area contributed by atoms with Crippen molar-refractivity contribution in [1.29, 1.82) is 0 Å². The Morgan fingerprint density at radius 2 is 1.83 bits per heavy atom. The van der Waals surface area contributed by atoms with Crippen LogP contribution in [0.3, 0.4) is 0 Å². The molecule has 6 nitrogen and oxygen atoms in total. The van der Waals surface area contributed by atoms with E-state index in [1.165, 1.54) is 17.3 Å². The molecule has 0 radical (unpaired) electrons. The Labute approximate surface area is 175 Å². The molecule has 1 amide bonds. The van der Waals surface area contributed by atoms with Crippen LogP contribution in [0.4, 0.5) is 5.69 Å². The Morgan fingerprint density at radius 3 is 2.45 bits per heavy atom. The van der Waals surface area contributed by atoms with Gasteiger partial charge in [-0.25, -0.2) is 0 Å². The van der Waals surface area contributed by atoms with Gasteiger partial charge in [0.1, 0.15) is 0 Å². The lowest BCUT2D eigenvalue weighted by Gasteiger charge is -2.13. The van der Waals surface area contributed by atoms with E-state index in [9.17, 15) is 4.79 Å². The molecule has 1 atom stereocenters. The van der Waals surface area contributed by atoms with Crippen LogP contribution in [0.2, 0.25) is 0 Å². The third kappa shape index (κ3) is 5.12. The Kier molecular flexibility index (Phi) is 6.82. The molecule has 29 heavy (non-hydrogen) atoms. The fourth-order valence-electron chi connectivity index (χ4n) is 2.79. The first-order chi connectivity index (χ1) is 14.0. The van der Waals surface area contributed by atoms with Crippen LogP contribution in [0.5, 0.6) is 0 Å². The number of aromatic nitrogens is 4. The summed E-state index contributed by atoms with van der Waals surface area (Å²) in [5.41, 5.74) is 2.95. The second-order valence-electron chi connectivity index (χ2n) is 6.97. The number of carbonyl (C=O) groups excluding carboxylic acids is 1. The molecule has 7 heteroatoms. The maximum atomic E-state index is 12.7. The standard InChI is InChI=1S/C22H25N5OS/c1-5-14-27-20(18-10-12-23-13-11-18)25-26-22(27)29-16(4)21(28)24-19-8-6-17(7-9-19)15(2)3/h5-13,15-16H,1,14H2,2-4H3,(H,24,28)/t16-/m1/s1. The highest BCUT2D eigenvalue weighted by atomic mass is 32.2. The molecule has 1 aromatic carbocycles. The average molecular weight is 408 g/mol. The summed E-state index contributed by atoms with van der Waals surface area (Å²) in [6.45, 7) is 10.5. The number of allylic oxidation sites excluding steroid dienone is 1. The number of carbonyl (C=O) groups is 1. The van der Waals surface area contributed by atoms with E-state index in [1.807, 2.05) is 47.9 Å². The SMILES string of the molecule is C=CCn1c(S[C@H](C)C(=O)Nc2ccc(C(C)C)cc2)nnc1-c1ccncc1. The van der Waals surface area contributed by atoms with Gasteiger partial charge >= 0.3 is 0 Å². The van der Waals surface area contributed by atoms with Gasteiger partial charge in [-0.15, -0.1) is 16.8 Å². The van der Waals surface area contributed by atoms with Crippen molar-refractivity contribution in [2.75, 3.05) is 5.32 Å². The highest BCUT2D eigenvalue weighted by molar-refractivity contribution is 8.00. The van der Waals surface area contributed by atoms with Crippen LogP contribution in [-0.2, 0) is 11.3 Å². The van der Waals surface area contributed by atoms with Gasteiger partial charge in [-0.2, -0.15) is 0 Å². The van der Waals surface area contributed by atoms with Gasteiger partial charge in [0.05, 0.1) is 5.25 Å². The van der Waals surface area contributed by atoms with Crippen LogP contribution in [0.1, 0.15) is 32.3 Å². The summed E-state index contributed by atoms with van der Waals surface area (Å²) in [5.74, 6) is 1.11. The third-order valence-corrected chi connectivity index (χ3v) is 5.54. The van der Waals surface area contributed by atoms with E-state index >= 15 is 0 Å². The lowest BCUT2D eigenvalue weighted by molar-refractivity contribution is -0.115. The number of amides is 1. The molecule has 0 spiro atoms. The Hall–Kier alpha value is -2.93. The maximum Gasteiger partial charge on any atom is 0.237 e. The second-order valence-corrected chi connectivity index (χ2v) is 8.28. The van der Waals surface area contributed by atoms with E-state index < -0.39 is 0 Å². The summed E-state index contributed by atoms with van der Waals surface area (Å²) in [6, 6.07) is 11.7. The predicted molar refractivity (Wildman–Crippen MR) is 118 cm³/mol. The van der Waals surface area contributed by atoms with Gasteiger partial charge < -0.3 is 5.32 Å².